The molecule has 0 aliphatic carbocycles. The number of hydrogen-bond donors (Lipinski definition) is 0. The van der Waals surface area contributed by atoms with E-state index in [-0.39, 0.29) is 11.9 Å². The van der Waals surface area contributed by atoms with Crippen LogP contribution >= 0.6 is 11.6 Å². The van der Waals surface area contributed by atoms with Crippen LogP contribution < -0.4 is 0 Å². The molecular formula is C14H22ClN3O2. The van der Waals surface area contributed by atoms with E-state index in [2.05, 4.69) is 10.00 Å². The van der Waals surface area contributed by atoms with Crippen molar-refractivity contribution in [3.05, 3.63) is 16.4 Å². The highest BCUT2D eigenvalue weighted by Crippen LogP contribution is 2.24. The Kier molecular flexibility index (Phi) is 5.05. The summed E-state index contributed by atoms with van der Waals surface area (Å²) >= 11 is 6.27. The molecule has 6 heteroatoms. The maximum atomic E-state index is 11.7. The third kappa shape index (κ3) is 3.33. The zero-order chi connectivity index (χ0) is 14.7. The number of rotatable bonds is 4. The van der Waals surface area contributed by atoms with E-state index in [9.17, 15) is 4.79 Å². The van der Waals surface area contributed by atoms with Crippen molar-refractivity contribution in [1.82, 2.24) is 14.7 Å². The molecular weight excluding hydrogens is 278 g/mol. The van der Waals surface area contributed by atoms with Crippen LogP contribution in [0.3, 0.4) is 0 Å². The van der Waals surface area contributed by atoms with Crippen LogP contribution in [-0.2, 0) is 23.1 Å². The van der Waals surface area contributed by atoms with Crippen LogP contribution in [0.15, 0.2) is 0 Å². The molecule has 5 nitrogen and oxygen atoms in total. The lowest BCUT2D eigenvalue weighted by molar-refractivity contribution is -0.149. The Morgan fingerprint density at radius 2 is 2.10 bits per heavy atom. The summed E-state index contributed by atoms with van der Waals surface area (Å²) in [6.07, 6.45) is 1.71. The van der Waals surface area contributed by atoms with Crippen molar-refractivity contribution >= 4 is 17.6 Å². The third-order valence-corrected chi connectivity index (χ3v) is 4.33. The van der Waals surface area contributed by atoms with Gasteiger partial charge in [-0.05, 0) is 39.8 Å². The van der Waals surface area contributed by atoms with Gasteiger partial charge >= 0.3 is 5.97 Å². The van der Waals surface area contributed by atoms with Crippen LogP contribution in [0.2, 0.25) is 5.02 Å². The van der Waals surface area contributed by atoms with Crippen molar-refractivity contribution in [2.45, 2.75) is 33.2 Å². The standard InChI is InChI=1S/C14H22ClN3O2/c1-4-20-14(19)11-5-7-18(8-6-11)9-12-13(15)10(2)16-17(12)3/h11H,4-9H2,1-3H3. The lowest BCUT2D eigenvalue weighted by Gasteiger charge is -2.30. The van der Waals surface area contributed by atoms with Crippen molar-refractivity contribution in [2.75, 3.05) is 19.7 Å². The summed E-state index contributed by atoms with van der Waals surface area (Å²) in [7, 11) is 1.92. The van der Waals surface area contributed by atoms with Gasteiger partial charge in [0.2, 0.25) is 0 Å². The highest BCUT2D eigenvalue weighted by molar-refractivity contribution is 6.31. The highest BCUT2D eigenvalue weighted by atomic mass is 35.5. The first-order valence-electron chi connectivity index (χ1n) is 7.09. The van der Waals surface area contributed by atoms with Crippen molar-refractivity contribution in [1.29, 1.82) is 0 Å². The average molecular weight is 300 g/mol. The SMILES string of the molecule is CCOC(=O)C1CCN(Cc2c(Cl)c(C)nn2C)CC1. The van der Waals surface area contributed by atoms with Crippen LogP contribution in [0, 0.1) is 12.8 Å². The number of carbonyl (C=O) groups is 1. The normalized spacial score (nSPS) is 17.4. The van der Waals surface area contributed by atoms with E-state index in [4.69, 9.17) is 16.3 Å². The second-order valence-corrected chi connectivity index (χ2v) is 5.65. The van der Waals surface area contributed by atoms with E-state index in [0.717, 1.165) is 48.9 Å². The molecule has 2 heterocycles. The molecule has 0 amide bonds. The molecule has 0 aromatic carbocycles. The van der Waals surface area contributed by atoms with Crippen molar-refractivity contribution in [3.63, 3.8) is 0 Å². The Hall–Kier alpha value is -1.07. The predicted octanol–water partition coefficient (Wildman–Crippen LogP) is 2.16. The van der Waals surface area contributed by atoms with Gasteiger partial charge in [-0.2, -0.15) is 5.10 Å². The molecule has 0 N–H and O–H groups in total. The summed E-state index contributed by atoms with van der Waals surface area (Å²) in [6, 6.07) is 0. The van der Waals surface area contributed by atoms with E-state index in [1.165, 1.54) is 0 Å². The predicted molar refractivity (Wildman–Crippen MR) is 77.6 cm³/mol. The van der Waals surface area contributed by atoms with Gasteiger partial charge in [0, 0.05) is 13.6 Å². The molecule has 0 unspecified atom stereocenters. The zero-order valence-corrected chi connectivity index (χ0v) is 13.1. The molecule has 1 aliphatic heterocycles. The number of esters is 1. The number of carbonyl (C=O) groups excluding carboxylic acids is 1. The molecule has 1 saturated heterocycles. The number of aryl methyl sites for hydroxylation is 2. The number of aromatic nitrogens is 2. The molecule has 2 rings (SSSR count). The lowest BCUT2D eigenvalue weighted by atomic mass is 9.97. The number of likely N-dealkylation sites (tertiary alicyclic amines) is 1. The lowest BCUT2D eigenvalue weighted by Crippen LogP contribution is -2.37. The fourth-order valence-corrected chi connectivity index (χ4v) is 2.87. The van der Waals surface area contributed by atoms with Crippen molar-refractivity contribution < 1.29 is 9.53 Å². The number of hydrogen-bond acceptors (Lipinski definition) is 4. The molecule has 1 fully saturated rings. The molecule has 112 valence electrons. The van der Waals surface area contributed by atoms with Gasteiger partial charge in [-0.3, -0.25) is 14.4 Å². The first-order chi connectivity index (χ1) is 9.52. The summed E-state index contributed by atoms with van der Waals surface area (Å²) in [5.74, 6) is -0.00324. The molecule has 0 atom stereocenters. The average Bonchev–Trinajstić information content (AvgIpc) is 2.66. The quantitative estimate of drug-likeness (QED) is 0.799. The molecule has 0 saturated carbocycles. The molecule has 0 bridgehead atoms. The van der Waals surface area contributed by atoms with Gasteiger partial charge in [-0.1, -0.05) is 11.6 Å². The number of nitrogens with zero attached hydrogens (tertiary/aromatic N) is 3. The summed E-state index contributed by atoms with van der Waals surface area (Å²) in [5, 5.41) is 5.08. The van der Waals surface area contributed by atoms with Crippen LogP contribution in [-0.4, -0.2) is 40.3 Å². The summed E-state index contributed by atoms with van der Waals surface area (Å²) in [5.41, 5.74) is 1.91. The molecule has 1 aliphatic rings. The minimum Gasteiger partial charge on any atom is -0.466 e. The third-order valence-electron chi connectivity index (χ3n) is 3.84. The van der Waals surface area contributed by atoms with Crippen molar-refractivity contribution in [3.8, 4) is 0 Å². The van der Waals surface area contributed by atoms with Gasteiger partial charge in [0.05, 0.1) is 28.9 Å². The van der Waals surface area contributed by atoms with E-state index < -0.39 is 0 Å². The van der Waals surface area contributed by atoms with Gasteiger partial charge in [-0.15, -0.1) is 0 Å². The summed E-state index contributed by atoms with van der Waals surface area (Å²) in [4.78, 5) is 14.0. The molecule has 0 radical (unpaired) electrons. The van der Waals surface area contributed by atoms with E-state index >= 15 is 0 Å². The fraction of sp³-hybridized carbons (Fsp3) is 0.714. The Labute approximate surface area is 124 Å². The maximum Gasteiger partial charge on any atom is 0.309 e. The Balaban J connectivity index is 1.90. The summed E-state index contributed by atoms with van der Waals surface area (Å²) < 4.78 is 6.93. The Morgan fingerprint density at radius 1 is 1.45 bits per heavy atom. The van der Waals surface area contributed by atoms with Crippen LogP contribution in [0.25, 0.3) is 0 Å². The van der Waals surface area contributed by atoms with Gasteiger partial charge in [0.25, 0.3) is 0 Å². The first-order valence-corrected chi connectivity index (χ1v) is 7.47. The molecule has 0 spiro atoms. The second kappa shape index (κ2) is 6.59. The van der Waals surface area contributed by atoms with E-state index in [0.29, 0.717) is 6.61 Å². The monoisotopic (exact) mass is 299 g/mol. The summed E-state index contributed by atoms with van der Waals surface area (Å²) in [6.45, 7) is 6.79. The number of piperidine rings is 1. The Bertz CT molecular complexity index is 479. The minimum absolute atomic E-state index is 0.0509. The number of ether oxygens (including phenoxy) is 1. The van der Waals surface area contributed by atoms with Crippen LogP contribution in [0.5, 0.6) is 0 Å². The first kappa shape index (κ1) is 15.3. The Morgan fingerprint density at radius 3 is 2.60 bits per heavy atom. The van der Waals surface area contributed by atoms with Gasteiger partial charge in [0.15, 0.2) is 0 Å². The topological polar surface area (TPSA) is 47.4 Å². The highest BCUT2D eigenvalue weighted by Gasteiger charge is 2.26. The number of halogens is 1. The van der Waals surface area contributed by atoms with Gasteiger partial charge in [-0.25, -0.2) is 0 Å². The smallest absolute Gasteiger partial charge is 0.309 e. The van der Waals surface area contributed by atoms with E-state index in [1.807, 2.05) is 25.6 Å². The van der Waals surface area contributed by atoms with Gasteiger partial charge < -0.3 is 4.74 Å². The van der Waals surface area contributed by atoms with Crippen molar-refractivity contribution in [2.24, 2.45) is 13.0 Å². The largest absolute Gasteiger partial charge is 0.466 e. The van der Waals surface area contributed by atoms with Gasteiger partial charge in [0.1, 0.15) is 0 Å². The molecule has 1 aromatic rings. The minimum atomic E-state index is -0.0541. The van der Waals surface area contributed by atoms with Crippen LogP contribution in [0.1, 0.15) is 31.2 Å². The maximum absolute atomic E-state index is 11.7. The van der Waals surface area contributed by atoms with Crippen LogP contribution in [0.4, 0.5) is 0 Å². The fourth-order valence-electron chi connectivity index (χ4n) is 2.65. The second-order valence-electron chi connectivity index (χ2n) is 5.27. The molecule has 20 heavy (non-hydrogen) atoms. The zero-order valence-electron chi connectivity index (χ0n) is 12.4. The van der Waals surface area contributed by atoms with E-state index in [1.54, 1.807) is 0 Å². The molecule has 1 aromatic heterocycles.